The van der Waals surface area contributed by atoms with Crippen molar-refractivity contribution in [1.29, 1.82) is 0 Å². The van der Waals surface area contributed by atoms with Gasteiger partial charge in [0.15, 0.2) is 10.7 Å². The summed E-state index contributed by atoms with van der Waals surface area (Å²) < 4.78 is 7.65. The zero-order valence-corrected chi connectivity index (χ0v) is 18.4. The molecule has 0 N–H and O–H groups in total. The van der Waals surface area contributed by atoms with Crippen LogP contribution in [-0.4, -0.2) is 20.4 Å². The zero-order valence-electron chi connectivity index (χ0n) is 17.6. The van der Waals surface area contributed by atoms with Crippen LogP contribution in [0, 0.1) is 13.8 Å². The van der Waals surface area contributed by atoms with E-state index in [1.807, 2.05) is 44.2 Å². The van der Waals surface area contributed by atoms with Crippen molar-refractivity contribution in [2.45, 2.75) is 26.9 Å². The van der Waals surface area contributed by atoms with Gasteiger partial charge in [0.05, 0.1) is 28.0 Å². The van der Waals surface area contributed by atoms with Gasteiger partial charge in [-0.05, 0) is 55.3 Å². The van der Waals surface area contributed by atoms with Crippen LogP contribution in [0.15, 0.2) is 70.0 Å². The molecule has 0 spiro atoms. The molecule has 0 aliphatic carbocycles. The Kier molecular flexibility index (Phi) is 5.07. The fraction of sp³-hybridized carbons (Fsp3) is 0.167. The van der Waals surface area contributed by atoms with Gasteiger partial charge in [-0.1, -0.05) is 35.6 Å². The Morgan fingerprint density at radius 1 is 1.09 bits per heavy atom. The Morgan fingerprint density at radius 2 is 1.91 bits per heavy atom. The number of carbonyl (C=O) groups is 1. The van der Waals surface area contributed by atoms with Gasteiger partial charge in [-0.3, -0.25) is 19.2 Å². The van der Waals surface area contributed by atoms with Crippen LogP contribution in [0.25, 0.3) is 21.3 Å². The van der Waals surface area contributed by atoms with Gasteiger partial charge < -0.3 is 4.42 Å². The molecule has 0 bridgehead atoms. The van der Waals surface area contributed by atoms with Crippen LogP contribution in [0.3, 0.4) is 0 Å². The van der Waals surface area contributed by atoms with Crippen LogP contribution in [0.1, 0.15) is 16.8 Å². The molecule has 0 saturated heterocycles. The number of carbonyl (C=O) groups excluding carboxylic acids is 1. The number of oxazole rings is 1. The number of rotatable bonds is 5. The lowest BCUT2D eigenvalue weighted by atomic mass is 10.1. The molecule has 8 heteroatoms. The van der Waals surface area contributed by atoms with E-state index in [1.165, 1.54) is 15.9 Å². The van der Waals surface area contributed by atoms with Crippen molar-refractivity contribution in [2.24, 2.45) is 0 Å². The Hall–Kier alpha value is -3.78. The average molecular weight is 445 g/mol. The van der Waals surface area contributed by atoms with E-state index in [4.69, 9.17) is 9.40 Å². The van der Waals surface area contributed by atoms with E-state index >= 15 is 0 Å². The Balaban J connectivity index is 1.56. The Morgan fingerprint density at radius 3 is 2.72 bits per heavy atom. The summed E-state index contributed by atoms with van der Waals surface area (Å²) in [6.45, 7) is 4.17. The second-order valence-electron chi connectivity index (χ2n) is 7.57. The topological polar surface area (TPSA) is 81.2 Å². The highest BCUT2D eigenvalue weighted by Crippen LogP contribution is 2.32. The minimum Gasteiger partial charge on any atom is -0.408 e. The molecule has 7 nitrogen and oxygen atoms in total. The van der Waals surface area contributed by atoms with Gasteiger partial charge in [0, 0.05) is 6.20 Å². The van der Waals surface area contributed by atoms with Crippen molar-refractivity contribution < 1.29 is 9.21 Å². The number of benzene rings is 2. The van der Waals surface area contributed by atoms with Crippen molar-refractivity contribution in [2.75, 3.05) is 4.90 Å². The number of hydrogen-bond acceptors (Lipinski definition) is 6. The van der Waals surface area contributed by atoms with Gasteiger partial charge in [-0.2, -0.15) is 0 Å². The monoisotopic (exact) mass is 444 g/mol. The molecule has 0 radical (unpaired) electrons. The van der Waals surface area contributed by atoms with Crippen molar-refractivity contribution in [3.63, 3.8) is 0 Å². The van der Waals surface area contributed by atoms with Crippen LogP contribution in [-0.2, 0) is 17.9 Å². The molecule has 0 fully saturated rings. The number of amides is 1. The lowest BCUT2D eigenvalue weighted by Crippen LogP contribution is -2.35. The molecule has 0 aliphatic rings. The molecule has 0 unspecified atom stereocenters. The predicted octanol–water partition coefficient (Wildman–Crippen LogP) is 4.45. The SMILES string of the molecule is Cc1ccc2sc(N(Cc3ccccn3)C(=O)Cn3c(=O)oc4ccccc43)nc2c1C. The van der Waals surface area contributed by atoms with Crippen molar-refractivity contribution in [3.05, 3.63) is 88.2 Å². The summed E-state index contributed by atoms with van der Waals surface area (Å²) in [7, 11) is 0. The van der Waals surface area contributed by atoms with E-state index in [1.54, 1.807) is 29.3 Å². The van der Waals surface area contributed by atoms with Crippen molar-refractivity contribution in [1.82, 2.24) is 14.5 Å². The molecule has 0 atom stereocenters. The minimum atomic E-state index is -0.562. The van der Waals surface area contributed by atoms with Gasteiger partial charge in [0.1, 0.15) is 6.54 Å². The van der Waals surface area contributed by atoms with Gasteiger partial charge in [0.2, 0.25) is 5.91 Å². The first-order valence-electron chi connectivity index (χ1n) is 10.2. The van der Waals surface area contributed by atoms with Gasteiger partial charge in [-0.25, -0.2) is 9.78 Å². The smallest absolute Gasteiger partial charge is 0.408 e. The number of hydrogen-bond donors (Lipinski definition) is 0. The molecule has 0 aliphatic heterocycles. The lowest BCUT2D eigenvalue weighted by Gasteiger charge is -2.19. The molecule has 32 heavy (non-hydrogen) atoms. The third-order valence-corrected chi connectivity index (χ3v) is 6.56. The first-order chi connectivity index (χ1) is 15.5. The van der Waals surface area contributed by atoms with Crippen LogP contribution >= 0.6 is 11.3 Å². The minimum absolute atomic E-state index is 0.156. The number of nitrogens with zero attached hydrogens (tertiary/aromatic N) is 4. The van der Waals surface area contributed by atoms with E-state index in [0.29, 0.717) is 16.2 Å². The molecule has 5 aromatic rings. The number of aryl methyl sites for hydroxylation is 2. The second kappa shape index (κ2) is 8.05. The summed E-state index contributed by atoms with van der Waals surface area (Å²) in [4.78, 5) is 36.7. The van der Waals surface area contributed by atoms with Gasteiger partial charge in [0.25, 0.3) is 0 Å². The first-order valence-corrected chi connectivity index (χ1v) is 11.0. The largest absolute Gasteiger partial charge is 0.420 e. The summed E-state index contributed by atoms with van der Waals surface area (Å²) in [6, 6.07) is 16.7. The fourth-order valence-electron chi connectivity index (χ4n) is 3.63. The summed E-state index contributed by atoms with van der Waals surface area (Å²) in [6.07, 6.45) is 1.69. The number of para-hydroxylation sites is 2. The molecule has 160 valence electrons. The lowest BCUT2D eigenvalue weighted by molar-refractivity contribution is -0.119. The van der Waals surface area contributed by atoms with Gasteiger partial charge >= 0.3 is 5.76 Å². The maximum absolute atomic E-state index is 13.5. The summed E-state index contributed by atoms with van der Waals surface area (Å²) >= 11 is 1.45. The van der Waals surface area contributed by atoms with Crippen molar-refractivity contribution >= 4 is 43.7 Å². The fourth-order valence-corrected chi connectivity index (χ4v) is 4.67. The second-order valence-corrected chi connectivity index (χ2v) is 8.58. The van der Waals surface area contributed by atoms with Crippen LogP contribution in [0.4, 0.5) is 5.13 Å². The van der Waals surface area contributed by atoms with E-state index < -0.39 is 5.76 Å². The maximum Gasteiger partial charge on any atom is 0.420 e. The third kappa shape index (κ3) is 3.58. The highest BCUT2D eigenvalue weighted by atomic mass is 32.1. The molecular weight excluding hydrogens is 424 g/mol. The molecule has 3 heterocycles. The normalized spacial score (nSPS) is 11.3. The number of fused-ring (bicyclic) bond motifs is 2. The number of pyridine rings is 1. The van der Waals surface area contributed by atoms with Crippen LogP contribution < -0.4 is 10.7 Å². The number of anilines is 1. The summed E-state index contributed by atoms with van der Waals surface area (Å²) in [5.74, 6) is -0.828. The Bertz CT molecular complexity index is 1500. The van der Waals surface area contributed by atoms with Crippen molar-refractivity contribution in [3.8, 4) is 0 Å². The van der Waals surface area contributed by atoms with Crippen LogP contribution in [0.5, 0.6) is 0 Å². The number of thiazole rings is 1. The first kappa shape index (κ1) is 20.1. The number of aromatic nitrogens is 3. The third-order valence-electron chi connectivity index (χ3n) is 5.52. The van der Waals surface area contributed by atoms with Gasteiger partial charge in [-0.15, -0.1) is 0 Å². The zero-order chi connectivity index (χ0) is 22.2. The highest BCUT2D eigenvalue weighted by molar-refractivity contribution is 7.22. The summed E-state index contributed by atoms with van der Waals surface area (Å²) in [5.41, 5.74) is 4.89. The van der Waals surface area contributed by atoms with E-state index in [2.05, 4.69) is 11.1 Å². The molecule has 0 saturated carbocycles. The molecule has 5 rings (SSSR count). The molecule has 2 aromatic carbocycles. The standard InChI is InChI=1S/C24H20N4O3S/c1-15-10-11-20-22(16(15)2)26-23(32-20)28(13-17-7-5-6-12-25-17)21(29)14-27-18-8-3-4-9-19(18)31-24(27)30/h3-12H,13-14H2,1-2H3. The van der Waals surface area contributed by atoms with E-state index in [-0.39, 0.29) is 19.0 Å². The van der Waals surface area contributed by atoms with E-state index in [9.17, 15) is 9.59 Å². The Labute approximate surface area is 187 Å². The quantitative estimate of drug-likeness (QED) is 0.400. The van der Waals surface area contributed by atoms with E-state index in [0.717, 1.165) is 27.0 Å². The average Bonchev–Trinajstić information content (AvgIpc) is 3.37. The molecular formula is C24H20N4O3S. The molecule has 1 amide bonds. The molecule has 3 aromatic heterocycles. The summed E-state index contributed by atoms with van der Waals surface area (Å²) in [5, 5.41) is 0.574. The van der Waals surface area contributed by atoms with Crippen LogP contribution in [0.2, 0.25) is 0 Å². The predicted molar refractivity (Wildman–Crippen MR) is 125 cm³/mol. The highest BCUT2D eigenvalue weighted by Gasteiger charge is 2.23. The maximum atomic E-state index is 13.5.